The maximum atomic E-state index is 3.87. The highest BCUT2D eigenvalue weighted by molar-refractivity contribution is 5.44. The number of allylic oxidation sites excluding steroid dienone is 7. The third kappa shape index (κ3) is 2.06. The van der Waals surface area contributed by atoms with E-state index in [1.54, 1.807) is 0 Å². The summed E-state index contributed by atoms with van der Waals surface area (Å²) in [7, 11) is 0. The molecule has 0 saturated carbocycles. The summed E-state index contributed by atoms with van der Waals surface area (Å²) in [6.45, 7) is 10.5. The second kappa shape index (κ2) is 4.99. The van der Waals surface area contributed by atoms with E-state index in [0.29, 0.717) is 11.8 Å². The number of hydrogen-bond donors (Lipinski definition) is 0. The van der Waals surface area contributed by atoms with Crippen molar-refractivity contribution in [1.82, 2.24) is 0 Å². The average Bonchev–Trinajstić information content (AvgIpc) is 2.19. The van der Waals surface area contributed by atoms with Crippen molar-refractivity contribution in [3.05, 3.63) is 48.1 Å². The summed E-state index contributed by atoms with van der Waals surface area (Å²) in [5.74, 6) is 1.30. The molecule has 0 heteroatoms. The molecule has 0 heterocycles. The molecule has 0 aromatic heterocycles. The number of hydrogen-bond acceptors (Lipinski definition) is 0. The molecule has 0 fully saturated rings. The zero-order valence-corrected chi connectivity index (χ0v) is 9.46. The number of rotatable bonds is 3. The van der Waals surface area contributed by atoms with Crippen LogP contribution in [-0.4, -0.2) is 0 Å². The molecule has 1 aliphatic rings. The molecule has 0 spiro atoms. The lowest BCUT2D eigenvalue weighted by atomic mass is 9.78. The minimum absolute atomic E-state index is 0.648. The van der Waals surface area contributed by atoms with E-state index in [4.69, 9.17) is 0 Å². The normalized spacial score (nSPS) is 27.4. The van der Waals surface area contributed by atoms with Crippen molar-refractivity contribution in [3.8, 4) is 0 Å². The summed E-state index contributed by atoms with van der Waals surface area (Å²) in [6.07, 6.45) is 12.0. The molecule has 0 radical (unpaired) electrons. The van der Waals surface area contributed by atoms with Gasteiger partial charge in [-0.3, -0.25) is 0 Å². The lowest BCUT2D eigenvalue weighted by Gasteiger charge is -2.26. The summed E-state index contributed by atoms with van der Waals surface area (Å²) < 4.78 is 0. The fourth-order valence-corrected chi connectivity index (χ4v) is 2.16. The summed E-state index contributed by atoms with van der Waals surface area (Å²) in [5, 5.41) is 0. The lowest BCUT2D eigenvalue weighted by Crippen LogP contribution is -2.15. The van der Waals surface area contributed by atoms with Gasteiger partial charge < -0.3 is 0 Å². The van der Waals surface area contributed by atoms with Gasteiger partial charge in [-0.25, -0.2) is 0 Å². The van der Waals surface area contributed by atoms with Gasteiger partial charge in [-0.2, -0.15) is 0 Å². The zero-order valence-electron chi connectivity index (χ0n) is 9.46. The summed E-state index contributed by atoms with van der Waals surface area (Å²) >= 11 is 0. The SMILES string of the molecule is C=CC1=C(C=CC)C(CC)C(C)C=C1. The predicted molar refractivity (Wildman–Crippen MR) is 64.1 cm³/mol. The Kier molecular flexibility index (Phi) is 3.94. The van der Waals surface area contributed by atoms with Gasteiger partial charge in [0, 0.05) is 0 Å². The van der Waals surface area contributed by atoms with Crippen LogP contribution in [0.5, 0.6) is 0 Å². The summed E-state index contributed by atoms with van der Waals surface area (Å²) in [6, 6.07) is 0. The second-order valence-electron chi connectivity index (χ2n) is 3.85. The maximum absolute atomic E-state index is 3.87. The molecule has 76 valence electrons. The van der Waals surface area contributed by atoms with Crippen LogP contribution in [0.4, 0.5) is 0 Å². The van der Waals surface area contributed by atoms with Gasteiger partial charge in [-0.15, -0.1) is 0 Å². The third-order valence-corrected chi connectivity index (χ3v) is 2.95. The van der Waals surface area contributed by atoms with Gasteiger partial charge in [0.2, 0.25) is 0 Å². The van der Waals surface area contributed by atoms with Gasteiger partial charge in [0.25, 0.3) is 0 Å². The van der Waals surface area contributed by atoms with Gasteiger partial charge in [-0.05, 0) is 36.3 Å². The molecular weight excluding hydrogens is 168 g/mol. The van der Waals surface area contributed by atoms with Crippen molar-refractivity contribution in [2.24, 2.45) is 11.8 Å². The van der Waals surface area contributed by atoms with E-state index in [1.165, 1.54) is 17.6 Å². The molecule has 0 amide bonds. The van der Waals surface area contributed by atoms with E-state index < -0.39 is 0 Å². The highest BCUT2D eigenvalue weighted by Gasteiger charge is 2.20. The van der Waals surface area contributed by atoms with E-state index in [0.717, 1.165) is 0 Å². The van der Waals surface area contributed by atoms with Crippen molar-refractivity contribution in [2.75, 3.05) is 0 Å². The van der Waals surface area contributed by atoms with Crippen molar-refractivity contribution >= 4 is 0 Å². The molecule has 1 aliphatic carbocycles. The van der Waals surface area contributed by atoms with Gasteiger partial charge in [0.05, 0.1) is 0 Å². The first-order valence-corrected chi connectivity index (χ1v) is 5.42. The van der Waals surface area contributed by atoms with E-state index in [1.807, 2.05) is 6.08 Å². The smallest absolute Gasteiger partial charge is 0.00983 e. The fourth-order valence-electron chi connectivity index (χ4n) is 2.16. The van der Waals surface area contributed by atoms with E-state index in [9.17, 15) is 0 Å². The van der Waals surface area contributed by atoms with Crippen LogP contribution in [0.15, 0.2) is 48.1 Å². The van der Waals surface area contributed by atoms with Gasteiger partial charge >= 0.3 is 0 Å². The van der Waals surface area contributed by atoms with Crippen molar-refractivity contribution in [2.45, 2.75) is 27.2 Å². The monoisotopic (exact) mass is 188 g/mol. The molecule has 0 bridgehead atoms. The van der Waals surface area contributed by atoms with Crippen LogP contribution in [-0.2, 0) is 0 Å². The molecule has 0 aliphatic heterocycles. The van der Waals surface area contributed by atoms with Gasteiger partial charge in [0.1, 0.15) is 0 Å². The second-order valence-corrected chi connectivity index (χ2v) is 3.85. The fraction of sp³-hybridized carbons (Fsp3) is 0.429. The quantitative estimate of drug-likeness (QED) is 0.620. The predicted octanol–water partition coefficient (Wildman–Crippen LogP) is 4.28. The minimum Gasteiger partial charge on any atom is -0.0985 e. The molecule has 14 heavy (non-hydrogen) atoms. The van der Waals surface area contributed by atoms with E-state index >= 15 is 0 Å². The first-order chi connectivity index (χ1) is 6.74. The van der Waals surface area contributed by atoms with Crippen LogP contribution in [0.1, 0.15) is 27.2 Å². The largest absolute Gasteiger partial charge is 0.0985 e. The van der Waals surface area contributed by atoms with Crippen LogP contribution in [0.3, 0.4) is 0 Å². The molecule has 1 rings (SSSR count). The Balaban J connectivity index is 3.11. The standard InChI is InChI=1S/C14H20/c1-5-8-14-12(6-2)10-9-11(4)13(14)7-3/h5-6,8-11,13H,2,7H2,1,3-4H3. The van der Waals surface area contributed by atoms with E-state index in [-0.39, 0.29) is 0 Å². The molecule has 0 nitrogen and oxygen atoms in total. The Morgan fingerprint density at radius 2 is 2.21 bits per heavy atom. The zero-order chi connectivity index (χ0) is 10.6. The van der Waals surface area contributed by atoms with Gasteiger partial charge in [-0.1, -0.05) is 50.8 Å². The summed E-state index contributed by atoms with van der Waals surface area (Å²) in [5.41, 5.74) is 2.73. The van der Waals surface area contributed by atoms with Crippen molar-refractivity contribution < 1.29 is 0 Å². The van der Waals surface area contributed by atoms with Crippen molar-refractivity contribution in [3.63, 3.8) is 0 Å². The minimum atomic E-state index is 0.648. The van der Waals surface area contributed by atoms with Gasteiger partial charge in [0.15, 0.2) is 0 Å². The van der Waals surface area contributed by atoms with E-state index in [2.05, 4.69) is 51.7 Å². The summed E-state index contributed by atoms with van der Waals surface area (Å²) in [4.78, 5) is 0. The third-order valence-electron chi connectivity index (χ3n) is 2.95. The molecule has 0 saturated heterocycles. The van der Waals surface area contributed by atoms with Crippen LogP contribution in [0.25, 0.3) is 0 Å². The molecular formula is C14H20. The van der Waals surface area contributed by atoms with Crippen LogP contribution in [0, 0.1) is 11.8 Å². The Morgan fingerprint density at radius 1 is 1.50 bits per heavy atom. The Morgan fingerprint density at radius 3 is 2.71 bits per heavy atom. The Bertz CT molecular complexity index is 289. The average molecular weight is 188 g/mol. The Labute approximate surface area is 87.7 Å². The lowest BCUT2D eigenvalue weighted by molar-refractivity contribution is 0.471. The first-order valence-electron chi connectivity index (χ1n) is 5.42. The topological polar surface area (TPSA) is 0 Å². The van der Waals surface area contributed by atoms with Crippen LogP contribution >= 0.6 is 0 Å². The molecule has 0 aromatic carbocycles. The Hall–Kier alpha value is -1.04. The molecule has 2 unspecified atom stereocenters. The van der Waals surface area contributed by atoms with Crippen LogP contribution < -0.4 is 0 Å². The maximum Gasteiger partial charge on any atom is -0.00983 e. The highest BCUT2D eigenvalue weighted by Crippen LogP contribution is 2.33. The highest BCUT2D eigenvalue weighted by atomic mass is 14.2. The molecule has 0 N–H and O–H groups in total. The molecule has 2 atom stereocenters. The first kappa shape index (κ1) is 11.0. The molecule has 0 aromatic rings. The van der Waals surface area contributed by atoms with Crippen LogP contribution in [0.2, 0.25) is 0 Å². The van der Waals surface area contributed by atoms with Crippen molar-refractivity contribution in [1.29, 1.82) is 0 Å².